The topological polar surface area (TPSA) is 125 Å². The number of rotatable bonds is 9. The molecule has 0 aromatic heterocycles. The summed E-state index contributed by atoms with van der Waals surface area (Å²) >= 11 is 0. The summed E-state index contributed by atoms with van der Waals surface area (Å²) in [5, 5.41) is 22.7. The van der Waals surface area contributed by atoms with Crippen molar-refractivity contribution in [2.24, 2.45) is 5.73 Å². The maximum atomic E-state index is 10.6. The number of aliphatic carboxylic acids is 2. The molecular formula is C8H17N3O4. The van der Waals surface area contributed by atoms with Gasteiger partial charge in [0.1, 0.15) is 6.04 Å². The standard InChI is InChI=1S/C8H17N3O4/c9-1-2-10-3-4-11-6(8(14)15)5-7(12)13/h6,10-11H,1-5,9H2,(H,12,13)(H,14,15)/t6-/m0/s1. The van der Waals surface area contributed by atoms with Crippen LogP contribution in [0.5, 0.6) is 0 Å². The van der Waals surface area contributed by atoms with Crippen LogP contribution >= 0.6 is 0 Å². The number of hydrogen-bond donors (Lipinski definition) is 5. The molecular weight excluding hydrogens is 202 g/mol. The van der Waals surface area contributed by atoms with Crippen LogP contribution in [0.2, 0.25) is 0 Å². The van der Waals surface area contributed by atoms with Gasteiger partial charge in [-0.05, 0) is 0 Å². The number of nitrogens with one attached hydrogen (secondary N) is 2. The Balaban J connectivity index is 3.67. The van der Waals surface area contributed by atoms with Crippen LogP contribution in [0.25, 0.3) is 0 Å². The highest BCUT2D eigenvalue weighted by Gasteiger charge is 2.19. The molecule has 0 aliphatic rings. The second-order valence-electron chi connectivity index (χ2n) is 2.98. The number of nitrogens with two attached hydrogens (primary N) is 1. The monoisotopic (exact) mass is 219 g/mol. The fourth-order valence-corrected chi connectivity index (χ4v) is 0.983. The first kappa shape index (κ1) is 13.8. The third-order valence-electron chi connectivity index (χ3n) is 1.69. The molecule has 6 N–H and O–H groups in total. The van der Waals surface area contributed by atoms with E-state index in [9.17, 15) is 9.59 Å². The summed E-state index contributed by atoms with van der Waals surface area (Å²) in [4.78, 5) is 20.9. The smallest absolute Gasteiger partial charge is 0.321 e. The van der Waals surface area contributed by atoms with E-state index in [1.54, 1.807) is 0 Å². The van der Waals surface area contributed by atoms with Gasteiger partial charge in [0.15, 0.2) is 0 Å². The van der Waals surface area contributed by atoms with E-state index in [0.717, 1.165) is 0 Å². The van der Waals surface area contributed by atoms with Gasteiger partial charge in [-0.25, -0.2) is 0 Å². The Morgan fingerprint density at radius 2 is 1.87 bits per heavy atom. The van der Waals surface area contributed by atoms with Gasteiger partial charge in [-0.15, -0.1) is 0 Å². The Morgan fingerprint density at radius 1 is 1.20 bits per heavy atom. The largest absolute Gasteiger partial charge is 0.481 e. The first-order chi connectivity index (χ1) is 7.07. The summed E-state index contributed by atoms with van der Waals surface area (Å²) in [5.74, 6) is -2.29. The van der Waals surface area contributed by atoms with E-state index in [1.165, 1.54) is 0 Å². The summed E-state index contributed by atoms with van der Waals surface area (Å²) in [6.45, 7) is 2.11. The highest BCUT2D eigenvalue weighted by atomic mass is 16.4. The first-order valence-electron chi connectivity index (χ1n) is 4.66. The molecule has 0 rings (SSSR count). The van der Waals surface area contributed by atoms with E-state index in [-0.39, 0.29) is 0 Å². The fourth-order valence-electron chi connectivity index (χ4n) is 0.983. The summed E-state index contributed by atoms with van der Waals surface area (Å²) < 4.78 is 0. The molecule has 0 aliphatic carbocycles. The molecule has 0 fully saturated rings. The molecule has 0 saturated heterocycles. The van der Waals surface area contributed by atoms with Crippen LogP contribution in [-0.2, 0) is 9.59 Å². The van der Waals surface area contributed by atoms with Crippen molar-refractivity contribution in [3.05, 3.63) is 0 Å². The van der Waals surface area contributed by atoms with E-state index < -0.39 is 24.4 Å². The van der Waals surface area contributed by atoms with Gasteiger partial charge in [-0.1, -0.05) is 0 Å². The predicted molar refractivity (Wildman–Crippen MR) is 53.6 cm³/mol. The Morgan fingerprint density at radius 3 is 2.33 bits per heavy atom. The molecule has 0 aromatic rings. The summed E-state index contributed by atoms with van der Waals surface area (Å²) in [6, 6.07) is -1.04. The quantitative estimate of drug-likeness (QED) is 0.285. The van der Waals surface area contributed by atoms with Gasteiger partial charge >= 0.3 is 11.9 Å². The van der Waals surface area contributed by atoms with Gasteiger partial charge in [0.25, 0.3) is 0 Å². The first-order valence-corrected chi connectivity index (χ1v) is 4.66. The van der Waals surface area contributed by atoms with Gasteiger partial charge in [0.2, 0.25) is 0 Å². The molecule has 15 heavy (non-hydrogen) atoms. The van der Waals surface area contributed by atoms with E-state index in [0.29, 0.717) is 26.2 Å². The van der Waals surface area contributed by atoms with Crippen molar-refractivity contribution in [3.63, 3.8) is 0 Å². The van der Waals surface area contributed by atoms with Crippen molar-refractivity contribution in [2.75, 3.05) is 26.2 Å². The Labute approximate surface area is 87.6 Å². The molecule has 1 atom stereocenters. The summed E-state index contributed by atoms with van der Waals surface area (Å²) in [7, 11) is 0. The predicted octanol–water partition coefficient (Wildman–Crippen LogP) is -1.95. The molecule has 0 saturated carbocycles. The Kier molecular flexibility index (Phi) is 7.51. The second kappa shape index (κ2) is 8.16. The molecule has 0 spiro atoms. The third kappa shape index (κ3) is 7.86. The molecule has 88 valence electrons. The van der Waals surface area contributed by atoms with Gasteiger partial charge in [0.05, 0.1) is 6.42 Å². The van der Waals surface area contributed by atoms with Gasteiger partial charge in [-0.3, -0.25) is 9.59 Å². The molecule has 7 heteroatoms. The van der Waals surface area contributed by atoms with Gasteiger partial charge in [0, 0.05) is 26.2 Å². The van der Waals surface area contributed by atoms with Crippen LogP contribution < -0.4 is 16.4 Å². The van der Waals surface area contributed by atoms with Gasteiger partial charge < -0.3 is 26.6 Å². The summed E-state index contributed by atoms with van der Waals surface area (Å²) in [6.07, 6.45) is -0.424. The molecule has 0 amide bonds. The number of carbonyl (C=O) groups is 2. The zero-order valence-electron chi connectivity index (χ0n) is 8.40. The molecule has 0 aromatic carbocycles. The number of hydrogen-bond acceptors (Lipinski definition) is 5. The number of carboxylic acid groups (broad SMARTS) is 2. The molecule has 0 unspecified atom stereocenters. The SMILES string of the molecule is NCCNCCN[C@@H](CC(=O)O)C(=O)O. The Bertz CT molecular complexity index is 210. The van der Waals surface area contributed by atoms with Crippen LogP contribution in [0, 0.1) is 0 Å². The van der Waals surface area contributed by atoms with E-state index in [1.807, 2.05) is 0 Å². The van der Waals surface area contributed by atoms with Crippen LogP contribution in [0.4, 0.5) is 0 Å². The van der Waals surface area contributed by atoms with Crippen LogP contribution in [-0.4, -0.2) is 54.4 Å². The Hall–Kier alpha value is -1.18. The lowest BCUT2D eigenvalue weighted by molar-refractivity contribution is -0.145. The molecule has 0 heterocycles. The molecule has 0 aliphatic heterocycles. The second-order valence-corrected chi connectivity index (χ2v) is 2.98. The highest BCUT2D eigenvalue weighted by molar-refractivity contribution is 5.80. The zero-order chi connectivity index (χ0) is 11.7. The van der Waals surface area contributed by atoms with Crippen LogP contribution in [0.1, 0.15) is 6.42 Å². The molecule has 7 nitrogen and oxygen atoms in total. The van der Waals surface area contributed by atoms with Crippen molar-refractivity contribution in [3.8, 4) is 0 Å². The van der Waals surface area contributed by atoms with Crippen molar-refractivity contribution >= 4 is 11.9 Å². The van der Waals surface area contributed by atoms with E-state index in [4.69, 9.17) is 15.9 Å². The minimum absolute atomic E-state index is 0.393. The van der Waals surface area contributed by atoms with Crippen LogP contribution in [0.15, 0.2) is 0 Å². The lowest BCUT2D eigenvalue weighted by Crippen LogP contribution is -2.42. The maximum Gasteiger partial charge on any atom is 0.321 e. The lowest BCUT2D eigenvalue weighted by atomic mass is 10.2. The van der Waals surface area contributed by atoms with Crippen molar-refractivity contribution in [1.82, 2.24) is 10.6 Å². The van der Waals surface area contributed by atoms with Crippen molar-refractivity contribution in [1.29, 1.82) is 0 Å². The minimum atomic E-state index is -1.16. The average Bonchev–Trinajstić information content (AvgIpc) is 2.15. The minimum Gasteiger partial charge on any atom is -0.481 e. The third-order valence-corrected chi connectivity index (χ3v) is 1.69. The zero-order valence-corrected chi connectivity index (χ0v) is 8.40. The number of carboxylic acids is 2. The van der Waals surface area contributed by atoms with Crippen molar-refractivity contribution in [2.45, 2.75) is 12.5 Å². The normalized spacial score (nSPS) is 12.3. The molecule has 0 bridgehead atoms. The lowest BCUT2D eigenvalue weighted by Gasteiger charge is -2.12. The van der Waals surface area contributed by atoms with Crippen LogP contribution in [0.3, 0.4) is 0 Å². The van der Waals surface area contributed by atoms with Gasteiger partial charge in [-0.2, -0.15) is 0 Å². The highest BCUT2D eigenvalue weighted by Crippen LogP contribution is 1.91. The average molecular weight is 219 g/mol. The maximum absolute atomic E-state index is 10.6. The van der Waals surface area contributed by atoms with E-state index >= 15 is 0 Å². The van der Waals surface area contributed by atoms with E-state index in [2.05, 4.69) is 10.6 Å². The van der Waals surface area contributed by atoms with Crippen molar-refractivity contribution < 1.29 is 19.8 Å². The fraction of sp³-hybridized carbons (Fsp3) is 0.750. The summed E-state index contributed by atoms with van der Waals surface area (Å²) in [5.41, 5.74) is 5.23. The molecule has 0 radical (unpaired) electrons.